The third kappa shape index (κ3) is 4.59. The predicted octanol–water partition coefficient (Wildman–Crippen LogP) is 2.89. The molecule has 2 aromatic carbocycles. The van der Waals surface area contributed by atoms with Crippen LogP contribution in [0.4, 0.5) is 17.1 Å². The largest absolute Gasteiger partial charge is 0.374 e. The lowest BCUT2D eigenvalue weighted by Gasteiger charge is -2.16. The summed E-state index contributed by atoms with van der Waals surface area (Å²) >= 11 is 0. The van der Waals surface area contributed by atoms with Crippen LogP contribution in [0.3, 0.4) is 0 Å². The van der Waals surface area contributed by atoms with Crippen molar-refractivity contribution < 1.29 is 9.59 Å². The Balaban J connectivity index is 1.60. The standard InChI is InChI=1S/C20H23N5O3/c1-11(2)18(26)22-14-6-4-13(5-7-14)21-12(3)19(27)23-15-8-9-16-17(10-15)25-20(28)24-16/h4-12,21H,1-3H3,(H,22,26)(H,23,27)(H2,24,25,28)/t12-/m0/s1. The maximum atomic E-state index is 12.4. The molecule has 3 rings (SSSR count). The number of benzene rings is 2. The highest BCUT2D eigenvalue weighted by molar-refractivity contribution is 5.97. The Morgan fingerprint density at radius 1 is 0.786 bits per heavy atom. The van der Waals surface area contributed by atoms with Gasteiger partial charge in [-0.15, -0.1) is 0 Å². The molecule has 8 heteroatoms. The molecule has 1 aromatic heterocycles. The molecule has 2 amide bonds. The smallest absolute Gasteiger partial charge is 0.323 e. The molecule has 1 atom stereocenters. The summed E-state index contributed by atoms with van der Waals surface area (Å²) in [6.07, 6.45) is 0. The molecule has 0 bridgehead atoms. The van der Waals surface area contributed by atoms with Gasteiger partial charge in [0.1, 0.15) is 6.04 Å². The second-order valence-corrected chi connectivity index (χ2v) is 6.92. The Hall–Kier alpha value is -3.55. The van der Waals surface area contributed by atoms with Crippen molar-refractivity contribution in [3.05, 3.63) is 52.9 Å². The SMILES string of the molecule is CC(C)C(=O)Nc1ccc(N[C@@H](C)C(=O)Nc2ccc3[nH]c(=O)[nH]c3c2)cc1. The zero-order valence-electron chi connectivity index (χ0n) is 15.9. The van der Waals surface area contributed by atoms with Crippen LogP contribution in [-0.2, 0) is 9.59 Å². The summed E-state index contributed by atoms with van der Waals surface area (Å²) < 4.78 is 0. The van der Waals surface area contributed by atoms with E-state index in [2.05, 4.69) is 25.9 Å². The molecule has 0 unspecified atom stereocenters. The number of aromatic nitrogens is 2. The predicted molar refractivity (Wildman–Crippen MR) is 111 cm³/mol. The Kier molecular flexibility index (Phi) is 5.49. The van der Waals surface area contributed by atoms with Gasteiger partial charge in [-0.3, -0.25) is 9.59 Å². The molecule has 8 nitrogen and oxygen atoms in total. The van der Waals surface area contributed by atoms with E-state index in [1.165, 1.54) is 0 Å². The fourth-order valence-corrected chi connectivity index (χ4v) is 2.61. The highest BCUT2D eigenvalue weighted by Gasteiger charge is 2.14. The van der Waals surface area contributed by atoms with Crippen molar-refractivity contribution in [1.29, 1.82) is 0 Å². The first-order valence-corrected chi connectivity index (χ1v) is 9.02. The van der Waals surface area contributed by atoms with E-state index in [0.717, 1.165) is 5.69 Å². The van der Waals surface area contributed by atoms with Crippen LogP contribution in [0.2, 0.25) is 0 Å². The van der Waals surface area contributed by atoms with Crippen LogP contribution in [0.25, 0.3) is 11.0 Å². The molecule has 0 spiro atoms. The van der Waals surface area contributed by atoms with Gasteiger partial charge >= 0.3 is 5.69 Å². The molecule has 5 N–H and O–H groups in total. The van der Waals surface area contributed by atoms with Crippen molar-refractivity contribution in [2.45, 2.75) is 26.8 Å². The fourth-order valence-electron chi connectivity index (χ4n) is 2.61. The summed E-state index contributed by atoms with van der Waals surface area (Å²) in [5.41, 5.74) is 3.07. The van der Waals surface area contributed by atoms with E-state index >= 15 is 0 Å². The maximum absolute atomic E-state index is 12.4. The van der Waals surface area contributed by atoms with Crippen LogP contribution in [0, 0.1) is 5.92 Å². The molecule has 1 heterocycles. The topological polar surface area (TPSA) is 119 Å². The van der Waals surface area contributed by atoms with Crippen LogP contribution < -0.4 is 21.6 Å². The van der Waals surface area contributed by atoms with E-state index in [4.69, 9.17) is 0 Å². The van der Waals surface area contributed by atoms with Gasteiger partial charge in [-0.25, -0.2) is 4.79 Å². The second-order valence-electron chi connectivity index (χ2n) is 6.92. The number of amides is 2. The van der Waals surface area contributed by atoms with Gasteiger partial charge in [-0.05, 0) is 49.4 Å². The maximum Gasteiger partial charge on any atom is 0.323 e. The first-order valence-electron chi connectivity index (χ1n) is 9.02. The van der Waals surface area contributed by atoms with Gasteiger partial charge in [-0.1, -0.05) is 13.8 Å². The minimum atomic E-state index is -0.489. The molecule has 0 saturated carbocycles. The zero-order valence-corrected chi connectivity index (χ0v) is 15.9. The summed E-state index contributed by atoms with van der Waals surface area (Å²) in [7, 11) is 0. The summed E-state index contributed by atoms with van der Waals surface area (Å²) in [6.45, 7) is 5.41. The number of carbonyl (C=O) groups excluding carboxylic acids is 2. The average molecular weight is 381 g/mol. The normalized spacial score (nSPS) is 12.0. The van der Waals surface area contributed by atoms with E-state index in [1.54, 1.807) is 49.4 Å². The lowest BCUT2D eigenvalue weighted by molar-refractivity contribution is -0.119. The van der Waals surface area contributed by atoms with Crippen molar-refractivity contribution in [3.63, 3.8) is 0 Å². The average Bonchev–Trinajstić information content (AvgIpc) is 3.02. The monoisotopic (exact) mass is 381 g/mol. The molecule has 0 radical (unpaired) electrons. The number of carbonyl (C=O) groups is 2. The number of fused-ring (bicyclic) bond motifs is 1. The lowest BCUT2D eigenvalue weighted by Crippen LogP contribution is -2.31. The number of hydrogen-bond donors (Lipinski definition) is 5. The Labute approximate surface area is 161 Å². The second kappa shape index (κ2) is 7.99. The number of imidazole rings is 1. The quantitative estimate of drug-likeness (QED) is 0.451. The van der Waals surface area contributed by atoms with Crippen molar-refractivity contribution in [2.24, 2.45) is 5.92 Å². The first-order chi connectivity index (χ1) is 13.3. The number of rotatable bonds is 6. The molecule has 0 aliphatic rings. The van der Waals surface area contributed by atoms with Gasteiger partial charge < -0.3 is 25.9 Å². The van der Waals surface area contributed by atoms with Crippen LogP contribution in [0.5, 0.6) is 0 Å². The summed E-state index contributed by atoms with van der Waals surface area (Å²) in [5, 5.41) is 8.76. The van der Waals surface area contributed by atoms with Crippen molar-refractivity contribution in [3.8, 4) is 0 Å². The highest BCUT2D eigenvalue weighted by atomic mass is 16.2. The molecule has 28 heavy (non-hydrogen) atoms. The molecular formula is C20H23N5O3. The zero-order chi connectivity index (χ0) is 20.3. The minimum absolute atomic E-state index is 0.0470. The van der Waals surface area contributed by atoms with Gasteiger partial charge in [0, 0.05) is 23.0 Å². The van der Waals surface area contributed by atoms with Crippen LogP contribution in [-0.4, -0.2) is 27.8 Å². The number of anilines is 3. The van der Waals surface area contributed by atoms with Crippen molar-refractivity contribution in [2.75, 3.05) is 16.0 Å². The van der Waals surface area contributed by atoms with Gasteiger partial charge in [0.2, 0.25) is 11.8 Å². The van der Waals surface area contributed by atoms with E-state index in [1.807, 2.05) is 13.8 Å². The Morgan fingerprint density at radius 2 is 1.36 bits per heavy atom. The van der Waals surface area contributed by atoms with E-state index in [-0.39, 0.29) is 23.4 Å². The number of hydrogen-bond acceptors (Lipinski definition) is 4. The Bertz CT molecular complexity index is 1050. The van der Waals surface area contributed by atoms with E-state index in [0.29, 0.717) is 22.4 Å². The van der Waals surface area contributed by atoms with Gasteiger partial charge in [0.15, 0.2) is 0 Å². The van der Waals surface area contributed by atoms with E-state index < -0.39 is 6.04 Å². The van der Waals surface area contributed by atoms with Gasteiger partial charge in [-0.2, -0.15) is 0 Å². The first kappa shape index (κ1) is 19.2. The summed E-state index contributed by atoms with van der Waals surface area (Å²) in [4.78, 5) is 40.8. The summed E-state index contributed by atoms with van der Waals surface area (Å²) in [6, 6.07) is 11.8. The van der Waals surface area contributed by atoms with Crippen LogP contribution in [0.15, 0.2) is 47.3 Å². The van der Waals surface area contributed by atoms with E-state index in [9.17, 15) is 14.4 Å². The van der Waals surface area contributed by atoms with Crippen molar-refractivity contribution >= 4 is 39.9 Å². The number of aromatic amines is 2. The molecular weight excluding hydrogens is 358 g/mol. The van der Waals surface area contributed by atoms with Gasteiger partial charge in [0.05, 0.1) is 11.0 Å². The number of nitrogens with one attached hydrogen (secondary N) is 5. The lowest BCUT2D eigenvalue weighted by atomic mass is 10.2. The number of H-pyrrole nitrogens is 2. The van der Waals surface area contributed by atoms with Crippen molar-refractivity contribution in [1.82, 2.24) is 9.97 Å². The molecule has 0 aliphatic carbocycles. The molecule has 3 aromatic rings. The summed E-state index contributed by atoms with van der Waals surface area (Å²) in [5.74, 6) is -0.353. The third-order valence-electron chi connectivity index (χ3n) is 4.24. The third-order valence-corrected chi connectivity index (χ3v) is 4.24. The Morgan fingerprint density at radius 3 is 2.04 bits per heavy atom. The van der Waals surface area contributed by atoms with Gasteiger partial charge in [0.25, 0.3) is 0 Å². The molecule has 0 aliphatic heterocycles. The highest BCUT2D eigenvalue weighted by Crippen LogP contribution is 2.17. The minimum Gasteiger partial charge on any atom is -0.374 e. The molecule has 0 saturated heterocycles. The molecule has 146 valence electrons. The molecule has 0 fully saturated rings. The van der Waals surface area contributed by atoms with Crippen LogP contribution in [0.1, 0.15) is 20.8 Å². The fraction of sp³-hybridized carbons (Fsp3) is 0.250. The van der Waals surface area contributed by atoms with Crippen LogP contribution >= 0.6 is 0 Å².